The normalized spacial score (nSPS) is 17.6. The van der Waals surface area contributed by atoms with Crippen molar-refractivity contribution in [2.24, 2.45) is 0 Å². The number of nitrogens with zero attached hydrogens (tertiary/aromatic N) is 3. The minimum atomic E-state index is 1.09. The van der Waals surface area contributed by atoms with Gasteiger partial charge in [-0.3, -0.25) is 0 Å². The van der Waals surface area contributed by atoms with Crippen LogP contribution in [-0.2, 0) is 6.42 Å². The van der Waals surface area contributed by atoms with Gasteiger partial charge in [-0.2, -0.15) is 0 Å². The van der Waals surface area contributed by atoms with Crippen LogP contribution < -0.4 is 5.32 Å². The van der Waals surface area contributed by atoms with Gasteiger partial charge in [0.25, 0.3) is 0 Å². The van der Waals surface area contributed by atoms with Crippen molar-refractivity contribution in [3.05, 3.63) is 36.4 Å². The van der Waals surface area contributed by atoms with Crippen molar-refractivity contribution in [1.82, 2.24) is 19.6 Å². The molecule has 1 fully saturated rings. The summed E-state index contributed by atoms with van der Waals surface area (Å²) in [6.07, 6.45) is 4.91. The van der Waals surface area contributed by atoms with Crippen molar-refractivity contribution in [1.29, 1.82) is 0 Å². The molecule has 0 amide bonds. The molecule has 3 heterocycles. The van der Waals surface area contributed by atoms with E-state index < -0.39 is 0 Å². The summed E-state index contributed by atoms with van der Waals surface area (Å²) in [7, 11) is 0. The van der Waals surface area contributed by atoms with E-state index in [9.17, 15) is 0 Å². The molecular weight excluding hydrogens is 212 g/mol. The van der Waals surface area contributed by atoms with E-state index in [-0.39, 0.29) is 0 Å². The Labute approximate surface area is 101 Å². The molecule has 0 unspecified atom stereocenters. The zero-order chi connectivity index (χ0) is 11.5. The zero-order valence-electron chi connectivity index (χ0n) is 9.97. The first-order valence-electron chi connectivity index (χ1n) is 6.26. The smallest absolute Gasteiger partial charge is 0.0994 e. The Morgan fingerprint density at radius 1 is 1.24 bits per heavy atom. The summed E-state index contributed by atoms with van der Waals surface area (Å²) in [4.78, 5) is 6.72. The lowest BCUT2D eigenvalue weighted by molar-refractivity contribution is 0.243. The molecule has 2 aromatic heterocycles. The first-order chi connectivity index (χ1) is 8.43. The van der Waals surface area contributed by atoms with Crippen LogP contribution in [0.5, 0.6) is 0 Å². The van der Waals surface area contributed by atoms with Crippen LogP contribution in [0.1, 0.15) is 5.69 Å². The molecule has 0 aliphatic carbocycles. The number of hydrogen-bond donors (Lipinski definition) is 1. The highest BCUT2D eigenvalue weighted by Crippen LogP contribution is 2.08. The minimum absolute atomic E-state index is 1.09. The highest BCUT2D eigenvalue weighted by atomic mass is 15.2. The van der Waals surface area contributed by atoms with Crippen LogP contribution in [0.2, 0.25) is 0 Å². The lowest BCUT2D eigenvalue weighted by atomic mass is 10.2. The second-order valence-electron chi connectivity index (χ2n) is 4.55. The lowest BCUT2D eigenvalue weighted by Gasteiger charge is -2.27. The average molecular weight is 230 g/mol. The number of fused-ring (bicyclic) bond motifs is 1. The Kier molecular flexibility index (Phi) is 3.07. The maximum atomic E-state index is 4.20. The minimum Gasteiger partial charge on any atom is -0.314 e. The maximum Gasteiger partial charge on any atom is 0.0994 e. The summed E-state index contributed by atoms with van der Waals surface area (Å²) in [5, 5.41) is 3.38. The number of imidazole rings is 1. The van der Waals surface area contributed by atoms with E-state index in [2.05, 4.69) is 37.8 Å². The quantitative estimate of drug-likeness (QED) is 0.846. The number of aromatic nitrogens is 2. The molecule has 0 aromatic carbocycles. The van der Waals surface area contributed by atoms with Gasteiger partial charge in [-0.25, -0.2) is 4.98 Å². The van der Waals surface area contributed by atoms with Crippen molar-refractivity contribution < 1.29 is 0 Å². The van der Waals surface area contributed by atoms with Crippen molar-refractivity contribution >= 4 is 5.52 Å². The zero-order valence-corrected chi connectivity index (χ0v) is 9.97. The third kappa shape index (κ3) is 2.33. The van der Waals surface area contributed by atoms with Gasteiger partial charge < -0.3 is 14.6 Å². The van der Waals surface area contributed by atoms with Gasteiger partial charge in [0, 0.05) is 44.8 Å². The maximum absolute atomic E-state index is 4.20. The molecule has 2 aromatic rings. The van der Waals surface area contributed by atoms with E-state index in [0.717, 1.165) is 26.1 Å². The third-order valence-corrected chi connectivity index (χ3v) is 3.43. The van der Waals surface area contributed by atoms with Crippen LogP contribution in [0.25, 0.3) is 5.52 Å². The fraction of sp³-hybridized carbons (Fsp3) is 0.462. The molecule has 4 nitrogen and oxygen atoms in total. The molecule has 90 valence electrons. The van der Waals surface area contributed by atoms with E-state index in [1.54, 1.807) is 0 Å². The lowest BCUT2D eigenvalue weighted by Crippen LogP contribution is -2.44. The van der Waals surface area contributed by atoms with E-state index in [1.165, 1.54) is 24.3 Å². The Morgan fingerprint density at radius 2 is 2.12 bits per heavy atom. The Bertz CT molecular complexity index is 485. The van der Waals surface area contributed by atoms with Gasteiger partial charge in [0.05, 0.1) is 18.0 Å². The Morgan fingerprint density at radius 3 is 3.00 bits per heavy atom. The average Bonchev–Trinajstić information content (AvgIpc) is 2.86. The van der Waals surface area contributed by atoms with Crippen LogP contribution in [0.3, 0.4) is 0 Å². The number of pyridine rings is 1. The van der Waals surface area contributed by atoms with Crippen molar-refractivity contribution in [2.75, 3.05) is 32.7 Å². The van der Waals surface area contributed by atoms with Gasteiger partial charge in [-0.15, -0.1) is 0 Å². The van der Waals surface area contributed by atoms with E-state index in [1.807, 2.05) is 12.5 Å². The van der Waals surface area contributed by atoms with E-state index >= 15 is 0 Å². The summed E-state index contributed by atoms with van der Waals surface area (Å²) >= 11 is 0. The second-order valence-corrected chi connectivity index (χ2v) is 4.55. The largest absolute Gasteiger partial charge is 0.314 e. The van der Waals surface area contributed by atoms with Crippen LogP contribution >= 0.6 is 0 Å². The summed E-state index contributed by atoms with van der Waals surface area (Å²) in [5.74, 6) is 0. The fourth-order valence-electron chi connectivity index (χ4n) is 2.42. The summed E-state index contributed by atoms with van der Waals surface area (Å²) in [5.41, 5.74) is 2.53. The first-order valence-corrected chi connectivity index (χ1v) is 6.26. The van der Waals surface area contributed by atoms with Crippen molar-refractivity contribution in [2.45, 2.75) is 6.42 Å². The molecule has 1 saturated heterocycles. The predicted octanol–water partition coefficient (Wildman–Crippen LogP) is 0.782. The molecule has 0 atom stereocenters. The molecule has 3 rings (SSSR count). The molecule has 17 heavy (non-hydrogen) atoms. The molecule has 1 aliphatic heterocycles. The van der Waals surface area contributed by atoms with Crippen molar-refractivity contribution in [3.63, 3.8) is 0 Å². The summed E-state index contributed by atoms with van der Waals surface area (Å²) < 4.78 is 2.18. The van der Waals surface area contributed by atoms with Crippen LogP contribution in [0.4, 0.5) is 0 Å². The summed E-state index contributed by atoms with van der Waals surface area (Å²) in [6, 6.07) is 6.41. The van der Waals surface area contributed by atoms with Gasteiger partial charge in [0.15, 0.2) is 0 Å². The molecule has 4 heteroatoms. The van der Waals surface area contributed by atoms with Crippen LogP contribution in [0.15, 0.2) is 30.7 Å². The molecule has 0 saturated carbocycles. The number of nitrogens with one attached hydrogen (secondary N) is 1. The Hall–Kier alpha value is -1.39. The van der Waals surface area contributed by atoms with Gasteiger partial charge in [-0.1, -0.05) is 6.07 Å². The number of hydrogen-bond acceptors (Lipinski definition) is 3. The second kappa shape index (κ2) is 4.85. The number of rotatable bonds is 3. The standard InChI is InChI=1S/C13H18N4/c1-2-12(17-11-15-10-13(17)3-1)4-7-16-8-5-14-6-9-16/h1-3,10-11,14H,4-9H2. The monoisotopic (exact) mass is 230 g/mol. The van der Waals surface area contributed by atoms with Gasteiger partial charge in [0.1, 0.15) is 0 Å². The SMILES string of the molecule is c1cc(CCN2CCNCC2)n2cncc2c1. The fourth-order valence-corrected chi connectivity index (χ4v) is 2.42. The molecule has 1 aliphatic rings. The van der Waals surface area contributed by atoms with E-state index in [0.29, 0.717) is 0 Å². The van der Waals surface area contributed by atoms with Gasteiger partial charge >= 0.3 is 0 Å². The molecule has 0 bridgehead atoms. The molecular formula is C13H18N4. The van der Waals surface area contributed by atoms with Crippen LogP contribution in [-0.4, -0.2) is 47.0 Å². The molecule has 1 N–H and O–H groups in total. The van der Waals surface area contributed by atoms with Crippen molar-refractivity contribution in [3.8, 4) is 0 Å². The third-order valence-electron chi connectivity index (χ3n) is 3.43. The molecule has 0 radical (unpaired) electrons. The van der Waals surface area contributed by atoms with Crippen LogP contribution in [0, 0.1) is 0 Å². The topological polar surface area (TPSA) is 32.6 Å². The first kappa shape index (κ1) is 10.7. The molecule has 0 spiro atoms. The van der Waals surface area contributed by atoms with Gasteiger partial charge in [-0.05, 0) is 12.1 Å². The predicted molar refractivity (Wildman–Crippen MR) is 68.2 cm³/mol. The van der Waals surface area contributed by atoms with E-state index in [4.69, 9.17) is 0 Å². The van der Waals surface area contributed by atoms with Gasteiger partial charge in [0.2, 0.25) is 0 Å². The summed E-state index contributed by atoms with van der Waals surface area (Å²) in [6.45, 7) is 5.71. The Balaban J connectivity index is 1.69. The highest BCUT2D eigenvalue weighted by Gasteiger charge is 2.09. The number of piperazine rings is 1. The highest BCUT2D eigenvalue weighted by molar-refractivity contribution is 5.45.